The molecule has 0 saturated carbocycles. The Kier molecular flexibility index (Phi) is 7.99. The standard InChI is InChI=1S/C22H23NO7/c1-14(24)16-6-8-17(9-7-16)23-20(25)13-30-21(26)10-5-15-11-18(27-2)22(29-4)19(12-15)28-3/h5-12H,13H2,1-4H3,(H,23,25). The van der Waals surface area contributed by atoms with E-state index in [0.717, 1.165) is 0 Å². The van der Waals surface area contributed by atoms with Gasteiger partial charge in [0.05, 0.1) is 21.3 Å². The highest BCUT2D eigenvalue weighted by Gasteiger charge is 2.12. The highest BCUT2D eigenvalue weighted by Crippen LogP contribution is 2.38. The van der Waals surface area contributed by atoms with Crippen LogP contribution in [0.1, 0.15) is 22.8 Å². The SMILES string of the molecule is COc1cc(C=CC(=O)OCC(=O)Nc2ccc(C(C)=O)cc2)cc(OC)c1OC. The molecule has 1 N–H and O–H groups in total. The van der Waals surface area contributed by atoms with Gasteiger partial charge in [-0.15, -0.1) is 0 Å². The number of nitrogens with one attached hydrogen (secondary N) is 1. The number of rotatable bonds is 9. The molecule has 0 unspecified atom stereocenters. The van der Waals surface area contributed by atoms with Crippen LogP contribution in [0.4, 0.5) is 5.69 Å². The molecule has 0 aliphatic heterocycles. The third-order valence-corrected chi connectivity index (χ3v) is 4.02. The van der Waals surface area contributed by atoms with Gasteiger partial charge in [0, 0.05) is 17.3 Å². The summed E-state index contributed by atoms with van der Waals surface area (Å²) in [4.78, 5) is 35.1. The number of esters is 1. The second-order valence-electron chi connectivity index (χ2n) is 6.08. The summed E-state index contributed by atoms with van der Waals surface area (Å²) in [5.74, 6) is 0.0689. The molecule has 0 spiro atoms. The van der Waals surface area contributed by atoms with Crippen LogP contribution in [0.25, 0.3) is 6.08 Å². The molecule has 8 heteroatoms. The van der Waals surface area contributed by atoms with Crippen molar-refractivity contribution in [2.45, 2.75) is 6.92 Å². The van der Waals surface area contributed by atoms with Crippen LogP contribution in [0.3, 0.4) is 0 Å². The quantitative estimate of drug-likeness (QED) is 0.383. The van der Waals surface area contributed by atoms with Crippen LogP contribution < -0.4 is 19.5 Å². The molecule has 0 saturated heterocycles. The van der Waals surface area contributed by atoms with Gasteiger partial charge in [0.2, 0.25) is 5.75 Å². The second kappa shape index (κ2) is 10.7. The van der Waals surface area contributed by atoms with Gasteiger partial charge >= 0.3 is 5.97 Å². The molecule has 0 bridgehead atoms. The predicted octanol–water partition coefficient (Wildman–Crippen LogP) is 3.11. The first-order chi connectivity index (χ1) is 14.4. The number of benzene rings is 2. The molecular weight excluding hydrogens is 390 g/mol. The van der Waals surface area contributed by atoms with Gasteiger partial charge in [-0.2, -0.15) is 0 Å². The first-order valence-corrected chi connectivity index (χ1v) is 8.93. The molecule has 2 aromatic carbocycles. The summed E-state index contributed by atoms with van der Waals surface area (Å²) >= 11 is 0. The third-order valence-electron chi connectivity index (χ3n) is 4.02. The van der Waals surface area contributed by atoms with E-state index in [1.807, 2.05) is 0 Å². The van der Waals surface area contributed by atoms with Gasteiger partial charge in [0.15, 0.2) is 23.9 Å². The van der Waals surface area contributed by atoms with Gasteiger partial charge in [-0.05, 0) is 55.0 Å². The van der Waals surface area contributed by atoms with E-state index < -0.39 is 18.5 Å². The van der Waals surface area contributed by atoms with Gasteiger partial charge in [-0.1, -0.05) is 0 Å². The Labute approximate surface area is 174 Å². The molecule has 0 aromatic heterocycles. The number of hydrogen-bond acceptors (Lipinski definition) is 7. The van der Waals surface area contributed by atoms with Crippen molar-refractivity contribution in [2.75, 3.05) is 33.3 Å². The molecule has 0 radical (unpaired) electrons. The van der Waals surface area contributed by atoms with Crippen LogP contribution in [0.2, 0.25) is 0 Å². The van der Waals surface area contributed by atoms with Crippen LogP contribution in [0.5, 0.6) is 17.2 Å². The number of amides is 1. The highest BCUT2D eigenvalue weighted by atomic mass is 16.5. The van der Waals surface area contributed by atoms with E-state index in [-0.39, 0.29) is 5.78 Å². The van der Waals surface area contributed by atoms with Crippen LogP contribution in [-0.4, -0.2) is 45.6 Å². The zero-order valence-electron chi connectivity index (χ0n) is 17.2. The molecule has 8 nitrogen and oxygen atoms in total. The molecule has 30 heavy (non-hydrogen) atoms. The van der Waals surface area contributed by atoms with Gasteiger partial charge in [-0.3, -0.25) is 9.59 Å². The number of carbonyl (C=O) groups is 3. The minimum absolute atomic E-state index is 0.0688. The van der Waals surface area contributed by atoms with Crippen molar-refractivity contribution < 1.29 is 33.3 Å². The Balaban J connectivity index is 1.93. The second-order valence-corrected chi connectivity index (χ2v) is 6.08. The molecule has 1 amide bonds. The number of anilines is 1. The van der Waals surface area contributed by atoms with Crippen LogP contribution in [0.15, 0.2) is 42.5 Å². The van der Waals surface area contributed by atoms with Crippen LogP contribution >= 0.6 is 0 Å². The van der Waals surface area contributed by atoms with Gasteiger partial charge in [-0.25, -0.2) is 4.79 Å². The summed E-state index contributed by atoms with van der Waals surface area (Å²) in [7, 11) is 4.48. The molecule has 2 aromatic rings. The lowest BCUT2D eigenvalue weighted by Gasteiger charge is -2.12. The molecule has 0 aliphatic rings. The van der Waals surface area contributed by atoms with Gasteiger partial charge in [0.25, 0.3) is 5.91 Å². The van der Waals surface area contributed by atoms with Crippen LogP contribution in [0, 0.1) is 0 Å². The van der Waals surface area contributed by atoms with Crippen molar-refractivity contribution in [1.29, 1.82) is 0 Å². The zero-order valence-corrected chi connectivity index (χ0v) is 17.2. The molecule has 2 rings (SSSR count). The number of ether oxygens (including phenoxy) is 4. The predicted molar refractivity (Wildman–Crippen MR) is 111 cm³/mol. The number of Topliss-reactive ketones (excluding diaryl/α,β-unsaturated/α-hetero) is 1. The lowest BCUT2D eigenvalue weighted by atomic mass is 10.1. The maximum Gasteiger partial charge on any atom is 0.331 e. The smallest absolute Gasteiger partial charge is 0.331 e. The molecule has 0 fully saturated rings. The van der Waals surface area contributed by atoms with Crippen molar-refractivity contribution in [3.8, 4) is 17.2 Å². The first kappa shape index (κ1) is 22.5. The molecule has 0 heterocycles. The van der Waals surface area contributed by atoms with Gasteiger partial charge < -0.3 is 24.3 Å². The normalized spacial score (nSPS) is 10.4. The topological polar surface area (TPSA) is 100 Å². The highest BCUT2D eigenvalue weighted by molar-refractivity contribution is 5.96. The monoisotopic (exact) mass is 413 g/mol. The fourth-order valence-corrected chi connectivity index (χ4v) is 2.53. The largest absolute Gasteiger partial charge is 0.493 e. The summed E-state index contributed by atoms with van der Waals surface area (Å²) in [5.41, 5.74) is 1.65. The average molecular weight is 413 g/mol. The maximum atomic E-state index is 11.9. The van der Waals surface area contributed by atoms with E-state index in [1.54, 1.807) is 36.4 Å². The first-order valence-electron chi connectivity index (χ1n) is 8.93. The lowest BCUT2D eigenvalue weighted by molar-refractivity contribution is -0.142. The van der Waals surface area contributed by atoms with Crippen LogP contribution in [-0.2, 0) is 14.3 Å². The van der Waals surface area contributed by atoms with E-state index in [0.29, 0.717) is 34.1 Å². The Bertz CT molecular complexity index is 923. The Hall–Kier alpha value is -3.81. The number of carbonyl (C=O) groups excluding carboxylic acids is 3. The maximum absolute atomic E-state index is 11.9. The van der Waals surface area contributed by atoms with E-state index >= 15 is 0 Å². The van der Waals surface area contributed by atoms with Crippen molar-refractivity contribution in [1.82, 2.24) is 0 Å². The fourth-order valence-electron chi connectivity index (χ4n) is 2.53. The van der Waals surface area contributed by atoms with E-state index in [9.17, 15) is 14.4 Å². The van der Waals surface area contributed by atoms with E-state index in [1.165, 1.54) is 40.4 Å². The van der Waals surface area contributed by atoms with Gasteiger partial charge in [0.1, 0.15) is 0 Å². The van der Waals surface area contributed by atoms with E-state index in [2.05, 4.69) is 5.32 Å². The lowest BCUT2D eigenvalue weighted by Crippen LogP contribution is -2.20. The van der Waals surface area contributed by atoms with Crippen molar-refractivity contribution in [3.63, 3.8) is 0 Å². The van der Waals surface area contributed by atoms with Crippen molar-refractivity contribution in [2.24, 2.45) is 0 Å². The van der Waals surface area contributed by atoms with Crippen molar-refractivity contribution >= 4 is 29.4 Å². The average Bonchev–Trinajstić information content (AvgIpc) is 2.75. The summed E-state index contributed by atoms with van der Waals surface area (Å²) in [6.45, 7) is 1.01. The van der Waals surface area contributed by atoms with Crippen molar-refractivity contribution in [3.05, 3.63) is 53.6 Å². The van der Waals surface area contributed by atoms with E-state index in [4.69, 9.17) is 18.9 Å². The minimum atomic E-state index is -0.689. The summed E-state index contributed by atoms with van der Waals surface area (Å²) in [6, 6.07) is 9.74. The number of methoxy groups -OCH3 is 3. The number of ketones is 1. The summed E-state index contributed by atoms with van der Waals surface area (Å²) in [5, 5.41) is 2.58. The molecule has 0 atom stereocenters. The molecule has 158 valence electrons. The summed E-state index contributed by atoms with van der Waals surface area (Å²) < 4.78 is 20.7. The minimum Gasteiger partial charge on any atom is -0.493 e. The fraction of sp³-hybridized carbons (Fsp3) is 0.227. The number of hydrogen-bond donors (Lipinski definition) is 1. The third kappa shape index (κ3) is 6.10. The zero-order chi connectivity index (χ0) is 22.1. The Morgan fingerprint density at radius 2 is 1.53 bits per heavy atom. The Morgan fingerprint density at radius 3 is 2.03 bits per heavy atom. The molecule has 0 aliphatic carbocycles. The summed E-state index contributed by atoms with van der Waals surface area (Å²) in [6.07, 6.45) is 2.70. The Morgan fingerprint density at radius 1 is 0.933 bits per heavy atom. The molecular formula is C22H23NO7.